The Morgan fingerprint density at radius 1 is 1.10 bits per heavy atom. The van der Waals surface area contributed by atoms with Gasteiger partial charge in [0.25, 0.3) is 5.91 Å². The first-order valence-corrected chi connectivity index (χ1v) is 10.3. The molecule has 156 valence electrons. The summed E-state index contributed by atoms with van der Waals surface area (Å²) in [5.74, 6) is 0.0397. The van der Waals surface area contributed by atoms with E-state index in [0.717, 1.165) is 17.5 Å². The van der Waals surface area contributed by atoms with Gasteiger partial charge in [0.1, 0.15) is 11.8 Å². The van der Waals surface area contributed by atoms with Crippen LogP contribution in [0.2, 0.25) is 5.02 Å². The van der Waals surface area contributed by atoms with Crippen molar-refractivity contribution in [2.75, 3.05) is 13.2 Å². The summed E-state index contributed by atoms with van der Waals surface area (Å²) in [4.78, 5) is 27.3. The molecule has 0 aromatic heterocycles. The van der Waals surface area contributed by atoms with Crippen LogP contribution in [0.3, 0.4) is 0 Å². The van der Waals surface area contributed by atoms with Gasteiger partial charge in [-0.2, -0.15) is 0 Å². The van der Waals surface area contributed by atoms with Gasteiger partial charge >= 0.3 is 0 Å². The van der Waals surface area contributed by atoms with Gasteiger partial charge < -0.3 is 15.0 Å². The maximum Gasteiger partial charge on any atom is 0.261 e. The highest BCUT2D eigenvalue weighted by Crippen LogP contribution is 2.23. The van der Waals surface area contributed by atoms with Crippen molar-refractivity contribution in [3.8, 4) is 5.75 Å². The van der Waals surface area contributed by atoms with E-state index in [9.17, 15) is 9.59 Å². The number of nitrogens with one attached hydrogen (secondary N) is 1. The third kappa shape index (κ3) is 6.79. The van der Waals surface area contributed by atoms with Gasteiger partial charge in [0.15, 0.2) is 6.61 Å². The number of hydrogen-bond acceptors (Lipinski definition) is 3. The zero-order chi connectivity index (χ0) is 21.2. The van der Waals surface area contributed by atoms with E-state index in [1.165, 1.54) is 0 Å². The van der Waals surface area contributed by atoms with E-state index in [1.807, 2.05) is 45.0 Å². The van der Waals surface area contributed by atoms with Crippen molar-refractivity contribution in [3.05, 3.63) is 64.7 Å². The minimum atomic E-state index is -0.565. The standard InChI is InChI=1S/C23H29ClN2O3/c1-4-14-25-23(28)20(5-2)26(15-18-12-10-17(3)11-13-18)22(27)16-29-21-9-7-6-8-19(21)24/h6-13,20H,4-5,14-16H2,1-3H3,(H,25,28). The topological polar surface area (TPSA) is 58.6 Å². The van der Waals surface area contributed by atoms with Crippen LogP contribution in [-0.4, -0.2) is 35.9 Å². The van der Waals surface area contributed by atoms with Crippen molar-refractivity contribution in [2.45, 2.75) is 46.2 Å². The highest BCUT2D eigenvalue weighted by atomic mass is 35.5. The average molecular weight is 417 g/mol. The summed E-state index contributed by atoms with van der Waals surface area (Å²) >= 11 is 6.12. The second-order valence-electron chi connectivity index (χ2n) is 6.94. The number of benzene rings is 2. The van der Waals surface area contributed by atoms with Gasteiger partial charge in [-0.3, -0.25) is 9.59 Å². The fraction of sp³-hybridized carbons (Fsp3) is 0.391. The zero-order valence-electron chi connectivity index (χ0n) is 17.3. The van der Waals surface area contributed by atoms with Gasteiger partial charge in [-0.15, -0.1) is 0 Å². The van der Waals surface area contributed by atoms with Crippen LogP contribution in [0.25, 0.3) is 0 Å². The molecule has 1 N–H and O–H groups in total. The molecule has 2 aromatic carbocycles. The fourth-order valence-electron chi connectivity index (χ4n) is 2.96. The third-order valence-corrected chi connectivity index (χ3v) is 4.91. The van der Waals surface area contributed by atoms with Crippen LogP contribution in [-0.2, 0) is 16.1 Å². The van der Waals surface area contributed by atoms with E-state index in [4.69, 9.17) is 16.3 Å². The number of para-hydroxylation sites is 1. The maximum atomic E-state index is 13.1. The molecule has 5 nitrogen and oxygen atoms in total. The van der Waals surface area contributed by atoms with Crippen LogP contribution >= 0.6 is 11.6 Å². The summed E-state index contributed by atoms with van der Waals surface area (Å²) in [5.41, 5.74) is 2.10. The van der Waals surface area contributed by atoms with Crippen LogP contribution in [0, 0.1) is 6.92 Å². The Morgan fingerprint density at radius 2 is 1.79 bits per heavy atom. The molecule has 0 heterocycles. The number of halogens is 1. The molecule has 0 saturated carbocycles. The van der Waals surface area contributed by atoms with Crippen LogP contribution in [0.4, 0.5) is 0 Å². The molecular weight excluding hydrogens is 388 g/mol. The SMILES string of the molecule is CCCNC(=O)C(CC)N(Cc1ccc(C)cc1)C(=O)COc1ccccc1Cl. The molecule has 2 rings (SSSR count). The van der Waals surface area contributed by atoms with Gasteiger partial charge in [0, 0.05) is 13.1 Å². The first-order valence-electron chi connectivity index (χ1n) is 9.96. The maximum absolute atomic E-state index is 13.1. The highest BCUT2D eigenvalue weighted by Gasteiger charge is 2.28. The number of hydrogen-bond donors (Lipinski definition) is 1. The van der Waals surface area contributed by atoms with Crippen LogP contribution < -0.4 is 10.1 Å². The summed E-state index contributed by atoms with van der Waals surface area (Å²) < 4.78 is 5.64. The van der Waals surface area contributed by atoms with Gasteiger partial charge in [-0.05, 0) is 37.5 Å². The largest absolute Gasteiger partial charge is 0.482 e. The molecule has 6 heteroatoms. The van der Waals surface area contributed by atoms with E-state index in [0.29, 0.717) is 30.3 Å². The molecule has 2 aromatic rings. The molecule has 0 aliphatic rings. The van der Waals surface area contributed by atoms with Crippen molar-refractivity contribution in [3.63, 3.8) is 0 Å². The minimum Gasteiger partial charge on any atom is -0.482 e. The first kappa shape index (κ1) is 22.8. The van der Waals surface area contributed by atoms with Crippen molar-refractivity contribution in [1.29, 1.82) is 0 Å². The lowest BCUT2D eigenvalue weighted by Gasteiger charge is -2.30. The highest BCUT2D eigenvalue weighted by molar-refractivity contribution is 6.32. The second-order valence-corrected chi connectivity index (χ2v) is 7.35. The molecule has 29 heavy (non-hydrogen) atoms. The van der Waals surface area contributed by atoms with E-state index >= 15 is 0 Å². The molecule has 0 bridgehead atoms. The summed E-state index contributed by atoms with van der Waals surface area (Å²) in [7, 11) is 0. The molecule has 0 aliphatic heterocycles. The van der Waals surface area contributed by atoms with Gasteiger partial charge in [-0.25, -0.2) is 0 Å². The summed E-state index contributed by atoms with van der Waals surface area (Å²) in [6, 6.07) is 14.4. The monoisotopic (exact) mass is 416 g/mol. The third-order valence-electron chi connectivity index (χ3n) is 4.60. The van der Waals surface area contributed by atoms with E-state index in [2.05, 4.69) is 5.32 Å². The molecule has 0 fully saturated rings. The Hall–Kier alpha value is -2.53. The number of aryl methyl sites for hydroxylation is 1. The lowest BCUT2D eigenvalue weighted by atomic mass is 10.1. The molecule has 0 saturated heterocycles. The summed E-state index contributed by atoms with van der Waals surface area (Å²) in [6.45, 7) is 6.64. The predicted octanol–water partition coefficient (Wildman–Crippen LogP) is 4.36. The van der Waals surface area contributed by atoms with Gasteiger partial charge in [0.2, 0.25) is 5.91 Å². The minimum absolute atomic E-state index is 0.146. The van der Waals surface area contributed by atoms with Crippen LogP contribution in [0.15, 0.2) is 48.5 Å². The van der Waals surface area contributed by atoms with Gasteiger partial charge in [0.05, 0.1) is 5.02 Å². The second kappa shape index (κ2) is 11.5. The quantitative estimate of drug-likeness (QED) is 0.626. The Kier molecular flexibility index (Phi) is 9.00. The number of nitrogens with zero attached hydrogens (tertiary/aromatic N) is 1. The zero-order valence-corrected chi connectivity index (χ0v) is 18.0. The molecule has 0 radical (unpaired) electrons. The summed E-state index contributed by atoms with van der Waals surface area (Å²) in [5, 5.41) is 3.34. The Labute approximate surface area is 178 Å². The van der Waals surface area contributed by atoms with Gasteiger partial charge in [-0.1, -0.05) is 67.4 Å². The molecular formula is C23H29ClN2O3. The van der Waals surface area contributed by atoms with Crippen molar-refractivity contribution in [1.82, 2.24) is 10.2 Å². The molecule has 1 unspecified atom stereocenters. The van der Waals surface area contributed by atoms with Crippen LogP contribution in [0.5, 0.6) is 5.75 Å². The molecule has 0 aliphatic carbocycles. The molecule has 2 amide bonds. The predicted molar refractivity (Wildman–Crippen MR) is 116 cm³/mol. The lowest BCUT2D eigenvalue weighted by Crippen LogP contribution is -2.50. The molecule has 0 spiro atoms. The fourth-order valence-corrected chi connectivity index (χ4v) is 3.15. The smallest absolute Gasteiger partial charge is 0.261 e. The average Bonchev–Trinajstić information content (AvgIpc) is 2.72. The number of carbonyl (C=O) groups is 2. The Morgan fingerprint density at radius 3 is 2.41 bits per heavy atom. The van der Waals surface area contributed by atoms with Crippen LogP contribution in [0.1, 0.15) is 37.8 Å². The van der Waals surface area contributed by atoms with E-state index in [-0.39, 0.29) is 18.4 Å². The summed E-state index contributed by atoms with van der Waals surface area (Å²) in [6.07, 6.45) is 1.35. The number of ether oxygens (including phenoxy) is 1. The van der Waals surface area contributed by atoms with E-state index < -0.39 is 6.04 Å². The Balaban J connectivity index is 2.19. The number of rotatable bonds is 10. The van der Waals surface area contributed by atoms with Crippen molar-refractivity contribution >= 4 is 23.4 Å². The van der Waals surface area contributed by atoms with Crippen molar-refractivity contribution in [2.24, 2.45) is 0 Å². The van der Waals surface area contributed by atoms with Crippen molar-refractivity contribution < 1.29 is 14.3 Å². The molecule has 1 atom stereocenters. The number of amides is 2. The lowest BCUT2D eigenvalue weighted by molar-refractivity contribution is -0.143. The normalized spacial score (nSPS) is 11.6. The first-order chi connectivity index (χ1) is 14.0. The number of carbonyl (C=O) groups excluding carboxylic acids is 2. The van der Waals surface area contributed by atoms with E-state index in [1.54, 1.807) is 29.2 Å². The Bertz CT molecular complexity index is 808.